The van der Waals surface area contributed by atoms with E-state index in [1.807, 2.05) is 31.2 Å². The van der Waals surface area contributed by atoms with Crippen LogP contribution in [0, 0.1) is 0 Å². The SMILES string of the molecule is C=C(/C=C/CCC)C(C)OC(=O)c1ccccc1. The van der Waals surface area contributed by atoms with Crippen molar-refractivity contribution in [2.24, 2.45) is 0 Å². The number of hydrogen-bond acceptors (Lipinski definition) is 2. The largest absolute Gasteiger partial charge is 0.454 e. The van der Waals surface area contributed by atoms with Gasteiger partial charge in [0.2, 0.25) is 0 Å². The van der Waals surface area contributed by atoms with Gasteiger partial charge in [-0.25, -0.2) is 4.79 Å². The molecule has 1 unspecified atom stereocenters. The summed E-state index contributed by atoms with van der Waals surface area (Å²) in [5, 5.41) is 0. The number of hydrogen-bond donors (Lipinski definition) is 0. The number of ether oxygens (including phenoxy) is 1. The summed E-state index contributed by atoms with van der Waals surface area (Å²) in [6.07, 6.45) is 5.79. The Hall–Kier alpha value is -1.83. The van der Waals surface area contributed by atoms with Crippen LogP contribution in [0.2, 0.25) is 0 Å². The predicted octanol–water partition coefficient (Wildman–Crippen LogP) is 4.14. The highest BCUT2D eigenvalue weighted by atomic mass is 16.5. The van der Waals surface area contributed by atoms with Crippen LogP contribution >= 0.6 is 0 Å². The van der Waals surface area contributed by atoms with Gasteiger partial charge in [0.15, 0.2) is 0 Å². The molecular formula is C16H20O2. The number of esters is 1. The summed E-state index contributed by atoms with van der Waals surface area (Å²) in [5.41, 5.74) is 1.38. The molecule has 2 nitrogen and oxygen atoms in total. The molecule has 2 heteroatoms. The molecule has 0 spiro atoms. The van der Waals surface area contributed by atoms with Crippen molar-refractivity contribution in [1.29, 1.82) is 0 Å². The summed E-state index contributed by atoms with van der Waals surface area (Å²) in [6.45, 7) is 7.86. The Labute approximate surface area is 109 Å². The van der Waals surface area contributed by atoms with E-state index in [-0.39, 0.29) is 12.1 Å². The van der Waals surface area contributed by atoms with E-state index >= 15 is 0 Å². The Kier molecular flexibility index (Phi) is 5.92. The lowest BCUT2D eigenvalue weighted by Crippen LogP contribution is -2.16. The molecule has 0 bridgehead atoms. The van der Waals surface area contributed by atoms with Crippen LogP contribution in [0.5, 0.6) is 0 Å². The highest BCUT2D eigenvalue weighted by molar-refractivity contribution is 5.89. The van der Waals surface area contributed by atoms with Crippen LogP contribution in [-0.4, -0.2) is 12.1 Å². The molecule has 0 amide bonds. The molecule has 96 valence electrons. The Bertz CT molecular complexity index is 418. The molecule has 1 rings (SSSR count). The van der Waals surface area contributed by atoms with Crippen LogP contribution in [0.3, 0.4) is 0 Å². The summed E-state index contributed by atoms with van der Waals surface area (Å²) in [4.78, 5) is 11.8. The fourth-order valence-corrected chi connectivity index (χ4v) is 1.42. The zero-order valence-electron chi connectivity index (χ0n) is 11.1. The normalized spacial score (nSPS) is 12.3. The Balaban J connectivity index is 2.52. The van der Waals surface area contributed by atoms with E-state index < -0.39 is 0 Å². The predicted molar refractivity (Wildman–Crippen MR) is 74.5 cm³/mol. The molecule has 0 aliphatic rings. The third-order valence-electron chi connectivity index (χ3n) is 2.60. The maximum Gasteiger partial charge on any atom is 0.338 e. The van der Waals surface area contributed by atoms with E-state index in [2.05, 4.69) is 19.6 Å². The third kappa shape index (κ3) is 4.58. The molecule has 0 heterocycles. The number of rotatable bonds is 6. The second-order valence-corrected chi connectivity index (χ2v) is 4.18. The first-order chi connectivity index (χ1) is 8.65. The monoisotopic (exact) mass is 244 g/mol. The topological polar surface area (TPSA) is 26.3 Å². The van der Waals surface area contributed by atoms with Gasteiger partial charge in [0, 0.05) is 0 Å². The van der Waals surface area contributed by atoms with Gasteiger partial charge in [-0.3, -0.25) is 0 Å². The average molecular weight is 244 g/mol. The van der Waals surface area contributed by atoms with Crippen molar-refractivity contribution in [2.45, 2.75) is 32.8 Å². The molecule has 0 aromatic heterocycles. The number of carbonyl (C=O) groups is 1. The summed E-state index contributed by atoms with van der Waals surface area (Å²) in [5.74, 6) is -0.312. The van der Waals surface area contributed by atoms with Gasteiger partial charge < -0.3 is 4.74 Å². The smallest absolute Gasteiger partial charge is 0.338 e. The fraction of sp³-hybridized carbons (Fsp3) is 0.312. The summed E-state index contributed by atoms with van der Waals surface area (Å²) >= 11 is 0. The maximum atomic E-state index is 11.8. The van der Waals surface area contributed by atoms with Crippen LogP contribution in [0.15, 0.2) is 54.6 Å². The first-order valence-corrected chi connectivity index (χ1v) is 6.26. The van der Waals surface area contributed by atoms with Gasteiger partial charge in [-0.05, 0) is 31.1 Å². The zero-order chi connectivity index (χ0) is 13.4. The van der Waals surface area contributed by atoms with Gasteiger partial charge in [-0.2, -0.15) is 0 Å². The lowest BCUT2D eigenvalue weighted by molar-refractivity contribution is 0.0412. The van der Waals surface area contributed by atoms with Gasteiger partial charge in [0.25, 0.3) is 0 Å². The van der Waals surface area contributed by atoms with E-state index in [1.54, 1.807) is 12.1 Å². The fourth-order valence-electron chi connectivity index (χ4n) is 1.42. The van der Waals surface area contributed by atoms with E-state index in [0.29, 0.717) is 5.56 Å². The molecule has 0 aliphatic heterocycles. The lowest BCUT2D eigenvalue weighted by atomic mass is 10.1. The zero-order valence-corrected chi connectivity index (χ0v) is 11.1. The Morgan fingerprint density at radius 1 is 1.39 bits per heavy atom. The van der Waals surface area contributed by atoms with E-state index in [1.165, 1.54) is 0 Å². The van der Waals surface area contributed by atoms with Gasteiger partial charge in [0.05, 0.1) is 5.56 Å². The van der Waals surface area contributed by atoms with Crippen molar-refractivity contribution in [3.8, 4) is 0 Å². The first-order valence-electron chi connectivity index (χ1n) is 6.26. The van der Waals surface area contributed by atoms with Gasteiger partial charge in [-0.15, -0.1) is 0 Å². The second kappa shape index (κ2) is 7.49. The third-order valence-corrected chi connectivity index (χ3v) is 2.60. The number of allylic oxidation sites excluding steroid dienone is 1. The highest BCUT2D eigenvalue weighted by Crippen LogP contribution is 2.10. The van der Waals surface area contributed by atoms with E-state index in [4.69, 9.17) is 4.74 Å². The molecule has 1 aromatic carbocycles. The minimum atomic E-state index is -0.312. The molecule has 0 aliphatic carbocycles. The maximum absolute atomic E-state index is 11.8. The standard InChI is InChI=1S/C16H20O2/c1-4-5-7-10-13(2)14(3)18-16(17)15-11-8-6-9-12-15/h6-12,14H,2,4-5H2,1,3H3/b10-7+. The van der Waals surface area contributed by atoms with Crippen molar-refractivity contribution in [3.05, 3.63) is 60.2 Å². The molecule has 0 N–H and O–H groups in total. The molecule has 0 saturated heterocycles. The van der Waals surface area contributed by atoms with Crippen LogP contribution in [0.25, 0.3) is 0 Å². The molecule has 0 saturated carbocycles. The minimum absolute atomic E-state index is 0.300. The number of unbranched alkanes of at least 4 members (excludes halogenated alkanes) is 1. The summed E-state index contributed by atoms with van der Waals surface area (Å²) in [6, 6.07) is 8.98. The van der Waals surface area contributed by atoms with Crippen molar-refractivity contribution >= 4 is 5.97 Å². The molecular weight excluding hydrogens is 224 g/mol. The Morgan fingerprint density at radius 2 is 2.06 bits per heavy atom. The molecule has 1 aromatic rings. The molecule has 0 radical (unpaired) electrons. The van der Waals surface area contributed by atoms with Crippen LogP contribution in [0.4, 0.5) is 0 Å². The molecule has 0 fully saturated rings. The lowest BCUT2D eigenvalue weighted by Gasteiger charge is -2.13. The minimum Gasteiger partial charge on any atom is -0.454 e. The van der Waals surface area contributed by atoms with Crippen molar-refractivity contribution < 1.29 is 9.53 Å². The van der Waals surface area contributed by atoms with Crippen molar-refractivity contribution in [2.75, 3.05) is 0 Å². The van der Waals surface area contributed by atoms with Crippen molar-refractivity contribution in [1.82, 2.24) is 0 Å². The highest BCUT2D eigenvalue weighted by Gasteiger charge is 2.12. The molecule has 1 atom stereocenters. The summed E-state index contributed by atoms with van der Waals surface area (Å²) in [7, 11) is 0. The summed E-state index contributed by atoms with van der Waals surface area (Å²) < 4.78 is 5.34. The van der Waals surface area contributed by atoms with E-state index in [9.17, 15) is 4.79 Å². The van der Waals surface area contributed by atoms with Gasteiger partial charge >= 0.3 is 5.97 Å². The quantitative estimate of drug-likeness (QED) is 0.555. The number of carbonyl (C=O) groups excluding carboxylic acids is 1. The second-order valence-electron chi connectivity index (χ2n) is 4.18. The van der Waals surface area contributed by atoms with Crippen LogP contribution in [-0.2, 0) is 4.74 Å². The van der Waals surface area contributed by atoms with Gasteiger partial charge in [0.1, 0.15) is 6.10 Å². The Morgan fingerprint density at radius 3 is 2.67 bits per heavy atom. The van der Waals surface area contributed by atoms with E-state index in [0.717, 1.165) is 18.4 Å². The van der Waals surface area contributed by atoms with Gasteiger partial charge in [-0.1, -0.05) is 50.3 Å². The number of benzene rings is 1. The van der Waals surface area contributed by atoms with Crippen LogP contribution in [0.1, 0.15) is 37.0 Å². The van der Waals surface area contributed by atoms with Crippen molar-refractivity contribution in [3.63, 3.8) is 0 Å². The molecule has 18 heavy (non-hydrogen) atoms. The average Bonchev–Trinajstić information content (AvgIpc) is 2.39. The van der Waals surface area contributed by atoms with Crippen LogP contribution < -0.4 is 0 Å². The first kappa shape index (κ1) is 14.2.